The van der Waals surface area contributed by atoms with Gasteiger partial charge in [-0.05, 0) is 22.8 Å². The standard InChI is InChI=1S/C31H27N5O3/c37-26-18-25(19-35(20-26)30(38)39)34-28-27-16-17-36(29(27)33-21-32-28)31(22-10-4-1-5-11-22,23-12-6-2-7-13-23)24-14-8-3-9-15-24/h1-17,21,25H,18-20H2,(H,38,39)(H,32,33,34). The molecule has 2 N–H and O–H groups in total. The Morgan fingerprint density at radius 3 is 1.95 bits per heavy atom. The summed E-state index contributed by atoms with van der Waals surface area (Å²) < 4.78 is 2.17. The van der Waals surface area contributed by atoms with Gasteiger partial charge in [0.1, 0.15) is 23.3 Å². The van der Waals surface area contributed by atoms with Gasteiger partial charge < -0.3 is 15.0 Å². The van der Waals surface area contributed by atoms with Crippen LogP contribution in [0.1, 0.15) is 23.1 Å². The summed E-state index contributed by atoms with van der Waals surface area (Å²) in [6.45, 7) is 0.117. The number of hydrogen-bond donors (Lipinski definition) is 2. The van der Waals surface area contributed by atoms with Gasteiger partial charge in [-0.2, -0.15) is 0 Å². The summed E-state index contributed by atoms with van der Waals surface area (Å²) in [7, 11) is 0. The number of nitrogens with one attached hydrogen (secondary N) is 1. The Bertz CT molecular complexity index is 1520. The molecule has 1 aliphatic heterocycles. The molecule has 0 saturated carbocycles. The van der Waals surface area contributed by atoms with Crippen molar-refractivity contribution in [3.63, 3.8) is 0 Å². The third kappa shape index (κ3) is 4.29. The second-order valence-electron chi connectivity index (χ2n) is 9.70. The Labute approximate surface area is 225 Å². The van der Waals surface area contributed by atoms with Crippen molar-refractivity contribution >= 4 is 28.7 Å². The molecule has 8 heteroatoms. The molecule has 1 atom stereocenters. The fraction of sp³-hybridized carbons (Fsp3) is 0.161. The van der Waals surface area contributed by atoms with Crippen LogP contribution in [0, 0.1) is 0 Å². The number of likely N-dealkylation sites (tertiary alicyclic amines) is 1. The van der Waals surface area contributed by atoms with E-state index in [2.05, 4.69) is 51.3 Å². The molecular formula is C31H27N5O3. The SMILES string of the molecule is O=C1CC(Nc2ncnc3c2ccn3C(c2ccccc2)(c2ccccc2)c2ccccc2)CN(C(=O)O)C1. The number of hydrogen-bond acceptors (Lipinski definition) is 5. The number of Topliss-reactive ketones (excluding diaryl/α,β-unsaturated/α-hetero) is 1. The highest BCUT2D eigenvalue weighted by Crippen LogP contribution is 2.43. The Morgan fingerprint density at radius 1 is 0.846 bits per heavy atom. The highest BCUT2D eigenvalue weighted by atomic mass is 16.4. The molecule has 2 aromatic heterocycles. The van der Waals surface area contributed by atoms with Crippen molar-refractivity contribution in [2.45, 2.75) is 18.0 Å². The summed E-state index contributed by atoms with van der Waals surface area (Å²) in [5.74, 6) is 0.437. The van der Waals surface area contributed by atoms with Crippen LogP contribution in [0.15, 0.2) is 110 Å². The number of amides is 1. The maximum Gasteiger partial charge on any atom is 0.407 e. The van der Waals surface area contributed by atoms with Crippen LogP contribution >= 0.6 is 0 Å². The van der Waals surface area contributed by atoms with E-state index in [0.29, 0.717) is 11.5 Å². The minimum absolute atomic E-state index is 0.0865. The number of ketones is 1. The van der Waals surface area contributed by atoms with Gasteiger partial charge in [0.15, 0.2) is 5.78 Å². The molecule has 1 unspecified atom stereocenters. The Balaban J connectivity index is 1.54. The third-order valence-electron chi connectivity index (χ3n) is 7.31. The second-order valence-corrected chi connectivity index (χ2v) is 9.70. The average Bonchev–Trinajstić information content (AvgIpc) is 3.40. The van der Waals surface area contributed by atoms with Crippen molar-refractivity contribution in [1.29, 1.82) is 0 Å². The predicted octanol–water partition coefficient (Wildman–Crippen LogP) is 5.00. The first-order chi connectivity index (χ1) is 19.1. The van der Waals surface area contributed by atoms with E-state index in [1.807, 2.05) is 66.9 Å². The number of nitrogens with zero attached hydrogens (tertiary/aromatic N) is 4. The molecule has 0 aliphatic carbocycles. The third-order valence-corrected chi connectivity index (χ3v) is 7.31. The summed E-state index contributed by atoms with van der Waals surface area (Å²) in [6.07, 6.45) is 2.66. The molecule has 39 heavy (non-hydrogen) atoms. The lowest BCUT2D eigenvalue weighted by molar-refractivity contribution is -0.121. The average molecular weight is 518 g/mol. The molecule has 5 aromatic rings. The van der Waals surface area contributed by atoms with E-state index in [-0.39, 0.29) is 31.3 Å². The van der Waals surface area contributed by atoms with Gasteiger partial charge in [0.2, 0.25) is 0 Å². The molecule has 6 rings (SSSR count). The quantitative estimate of drug-likeness (QED) is 0.307. The summed E-state index contributed by atoms with van der Waals surface area (Å²) in [4.78, 5) is 34.2. The van der Waals surface area contributed by atoms with Gasteiger partial charge in [0, 0.05) is 19.2 Å². The highest BCUT2D eigenvalue weighted by Gasteiger charge is 2.39. The van der Waals surface area contributed by atoms with Crippen LogP contribution in [0.5, 0.6) is 0 Å². The summed E-state index contributed by atoms with van der Waals surface area (Å²) in [6, 6.07) is 32.6. The second kappa shape index (κ2) is 10.1. The first-order valence-electron chi connectivity index (χ1n) is 12.8. The minimum atomic E-state index is -1.10. The van der Waals surface area contributed by atoms with Crippen LogP contribution in [-0.2, 0) is 10.3 Å². The lowest BCUT2D eigenvalue weighted by Crippen LogP contribution is -2.48. The normalized spacial score (nSPS) is 15.8. The molecule has 1 saturated heterocycles. The van der Waals surface area contributed by atoms with Gasteiger partial charge in [0.25, 0.3) is 0 Å². The first kappa shape index (κ1) is 24.4. The van der Waals surface area contributed by atoms with Gasteiger partial charge in [0.05, 0.1) is 18.0 Å². The number of benzene rings is 3. The molecule has 1 amide bonds. The van der Waals surface area contributed by atoms with E-state index >= 15 is 0 Å². The van der Waals surface area contributed by atoms with Gasteiger partial charge in [-0.25, -0.2) is 14.8 Å². The smallest absolute Gasteiger partial charge is 0.407 e. The monoisotopic (exact) mass is 517 g/mol. The molecule has 0 bridgehead atoms. The van der Waals surface area contributed by atoms with Crippen LogP contribution in [-0.4, -0.2) is 55.5 Å². The molecule has 194 valence electrons. The zero-order chi connectivity index (χ0) is 26.8. The van der Waals surface area contributed by atoms with Gasteiger partial charge in [-0.15, -0.1) is 0 Å². The first-order valence-corrected chi connectivity index (χ1v) is 12.8. The number of piperidine rings is 1. The van der Waals surface area contributed by atoms with Crippen LogP contribution in [0.25, 0.3) is 11.0 Å². The van der Waals surface area contributed by atoms with Gasteiger partial charge >= 0.3 is 6.09 Å². The lowest BCUT2D eigenvalue weighted by Gasteiger charge is -2.38. The predicted molar refractivity (Wildman–Crippen MR) is 149 cm³/mol. The number of fused-ring (bicyclic) bond motifs is 1. The van der Waals surface area contributed by atoms with Crippen molar-refractivity contribution in [3.8, 4) is 0 Å². The van der Waals surface area contributed by atoms with E-state index in [1.165, 1.54) is 6.33 Å². The molecule has 3 aromatic carbocycles. The van der Waals surface area contributed by atoms with E-state index < -0.39 is 11.6 Å². The highest BCUT2D eigenvalue weighted by molar-refractivity contribution is 5.90. The number of rotatable bonds is 6. The molecule has 1 fully saturated rings. The lowest BCUT2D eigenvalue weighted by atomic mass is 9.76. The van der Waals surface area contributed by atoms with Crippen molar-refractivity contribution in [2.75, 3.05) is 18.4 Å². The topological polar surface area (TPSA) is 100 Å². The van der Waals surface area contributed by atoms with Gasteiger partial charge in [-0.1, -0.05) is 91.0 Å². The van der Waals surface area contributed by atoms with Crippen LogP contribution in [0.4, 0.5) is 10.6 Å². The fourth-order valence-electron chi connectivity index (χ4n) is 5.68. The number of anilines is 1. The van der Waals surface area contributed by atoms with Crippen molar-refractivity contribution in [2.24, 2.45) is 0 Å². The Hall–Kier alpha value is -4.98. The molecule has 0 radical (unpaired) electrons. The van der Waals surface area contributed by atoms with Crippen molar-refractivity contribution in [1.82, 2.24) is 19.4 Å². The molecule has 8 nitrogen and oxygen atoms in total. The maximum atomic E-state index is 12.3. The number of carboxylic acid groups (broad SMARTS) is 1. The van der Waals surface area contributed by atoms with Crippen LogP contribution in [0.3, 0.4) is 0 Å². The Morgan fingerprint density at radius 2 is 1.41 bits per heavy atom. The zero-order valence-corrected chi connectivity index (χ0v) is 21.1. The van der Waals surface area contributed by atoms with E-state index in [4.69, 9.17) is 4.98 Å². The van der Waals surface area contributed by atoms with E-state index in [1.54, 1.807) is 0 Å². The van der Waals surface area contributed by atoms with E-state index in [9.17, 15) is 14.7 Å². The number of carbonyl (C=O) groups excluding carboxylic acids is 1. The summed E-state index contributed by atoms with van der Waals surface area (Å²) in [5, 5.41) is 13.6. The zero-order valence-electron chi connectivity index (χ0n) is 21.1. The van der Waals surface area contributed by atoms with Crippen LogP contribution < -0.4 is 5.32 Å². The summed E-state index contributed by atoms with van der Waals surface area (Å²) >= 11 is 0. The molecule has 0 spiro atoms. The molecule has 3 heterocycles. The van der Waals surface area contributed by atoms with Crippen molar-refractivity contribution < 1.29 is 14.7 Å². The summed E-state index contributed by atoms with van der Waals surface area (Å²) in [5.41, 5.74) is 3.19. The minimum Gasteiger partial charge on any atom is -0.465 e. The fourth-order valence-corrected chi connectivity index (χ4v) is 5.68. The van der Waals surface area contributed by atoms with E-state index in [0.717, 1.165) is 27.0 Å². The number of carbonyl (C=O) groups is 2. The van der Waals surface area contributed by atoms with Crippen molar-refractivity contribution in [3.05, 3.63) is 126 Å². The molecule has 1 aliphatic rings. The molecular weight excluding hydrogens is 490 g/mol. The maximum absolute atomic E-state index is 12.3. The number of aromatic nitrogens is 3. The largest absolute Gasteiger partial charge is 0.465 e. The van der Waals surface area contributed by atoms with Crippen LogP contribution in [0.2, 0.25) is 0 Å². The Kier molecular flexibility index (Phi) is 6.28. The van der Waals surface area contributed by atoms with Gasteiger partial charge in [-0.3, -0.25) is 9.69 Å².